The highest BCUT2D eigenvalue weighted by Crippen LogP contribution is 2.37. The van der Waals surface area contributed by atoms with Crippen LogP contribution in [-0.4, -0.2) is 56.5 Å². The fourth-order valence-corrected chi connectivity index (χ4v) is 4.99. The van der Waals surface area contributed by atoms with E-state index in [9.17, 15) is 14.7 Å². The van der Waals surface area contributed by atoms with E-state index < -0.39 is 24.3 Å². The lowest BCUT2D eigenvalue weighted by molar-refractivity contribution is -0.136. The number of urea groups is 1. The van der Waals surface area contributed by atoms with Crippen molar-refractivity contribution < 1.29 is 38.4 Å². The zero-order chi connectivity index (χ0) is 34.6. The summed E-state index contributed by atoms with van der Waals surface area (Å²) >= 11 is 6.53. The minimum absolute atomic E-state index is 0.194. The average molecular weight is 678 g/mol. The van der Waals surface area contributed by atoms with Gasteiger partial charge in [0.1, 0.15) is 13.2 Å². The Labute approximate surface area is 283 Å². The third kappa shape index (κ3) is 9.09. The number of carbonyl (C=O) groups excluding carboxylic acids is 2. The molecule has 1 aliphatic rings. The molecule has 13 nitrogen and oxygen atoms in total. The number of methoxy groups -OCH3 is 1. The molecule has 0 saturated carbocycles. The van der Waals surface area contributed by atoms with Crippen LogP contribution >= 0.6 is 11.6 Å². The van der Waals surface area contributed by atoms with E-state index in [1.54, 1.807) is 68.4 Å². The highest BCUT2D eigenvalue weighted by molar-refractivity contribution is 6.32. The SMILES string of the molecule is CCOc1cc([C@@H]2NC(=O)NC(C)=C2C(=O)OC)ccc1OC[C@H](O)N/N=C/c1cc(Cl)c(OCc2ccc(C#N)cc2)c(OCC)c1. The van der Waals surface area contributed by atoms with Gasteiger partial charge >= 0.3 is 12.0 Å². The van der Waals surface area contributed by atoms with Crippen molar-refractivity contribution >= 4 is 29.8 Å². The van der Waals surface area contributed by atoms with Gasteiger partial charge in [0.2, 0.25) is 0 Å². The summed E-state index contributed by atoms with van der Waals surface area (Å²) in [5.74, 6) is 0.881. The van der Waals surface area contributed by atoms with Gasteiger partial charge in [0.05, 0.1) is 54.8 Å². The first-order chi connectivity index (χ1) is 23.2. The van der Waals surface area contributed by atoms with Crippen molar-refractivity contribution in [3.05, 3.63) is 93.1 Å². The number of hydrogen-bond donors (Lipinski definition) is 4. The summed E-state index contributed by atoms with van der Waals surface area (Å²) < 4.78 is 28.2. The molecule has 4 N–H and O–H groups in total. The lowest BCUT2D eigenvalue weighted by Gasteiger charge is -2.28. The van der Waals surface area contributed by atoms with E-state index in [2.05, 4.69) is 27.2 Å². The van der Waals surface area contributed by atoms with Crippen LogP contribution in [0.25, 0.3) is 0 Å². The maximum absolute atomic E-state index is 12.5. The second-order valence-corrected chi connectivity index (χ2v) is 10.7. The Morgan fingerprint density at radius 3 is 2.48 bits per heavy atom. The van der Waals surface area contributed by atoms with Crippen molar-refractivity contribution in [2.75, 3.05) is 26.9 Å². The summed E-state index contributed by atoms with van der Waals surface area (Å²) in [5.41, 5.74) is 5.81. The molecule has 2 amide bonds. The Kier molecular flexibility index (Phi) is 12.5. The fourth-order valence-electron chi connectivity index (χ4n) is 4.72. The van der Waals surface area contributed by atoms with Gasteiger partial charge < -0.3 is 39.4 Å². The first-order valence-corrected chi connectivity index (χ1v) is 15.4. The molecule has 0 bridgehead atoms. The molecule has 0 saturated heterocycles. The normalized spacial score (nSPS) is 14.8. The molecular formula is C34H36ClN5O8. The van der Waals surface area contributed by atoms with E-state index in [4.69, 9.17) is 40.5 Å². The Bertz CT molecular complexity index is 1720. The quantitative estimate of drug-likeness (QED) is 0.0764. The predicted octanol–water partition coefficient (Wildman–Crippen LogP) is 4.71. The minimum Gasteiger partial charge on any atom is -0.490 e. The Morgan fingerprint density at radius 2 is 1.79 bits per heavy atom. The maximum atomic E-state index is 12.5. The van der Waals surface area contributed by atoms with Gasteiger partial charge in [-0.05, 0) is 73.9 Å². The zero-order valence-electron chi connectivity index (χ0n) is 26.8. The second kappa shape index (κ2) is 16.9. The Morgan fingerprint density at radius 1 is 1.06 bits per heavy atom. The summed E-state index contributed by atoms with van der Waals surface area (Å²) in [4.78, 5) is 24.6. The van der Waals surface area contributed by atoms with Crippen LogP contribution in [0.15, 0.2) is 71.0 Å². The monoisotopic (exact) mass is 677 g/mol. The number of amides is 2. The number of hydrogen-bond acceptors (Lipinski definition) is 11. The largest absolute Gasteiger partial charge is 0.490 e. The van der Waals surface area contributed by atoms with Crippen LogP contribution in [0.3, 0.4) is 0 Å². The molecule has 0 aliphatic carbocycles. The lowest BCUT2D eigenvalue weighted by atomic mass is 9.95. The number of nitriles is 1. The van der Waals surface area contributed by atoms with Crippen LogP contribution in [0.5, 0.6) is 23.0 Å². The molecule has 252 valence electrons. The van der Waals surface area contributed by atoms with Crippen LogP contribution in [0, 0.1) is 11.3 Å². The van der Waals surface area contributed by atoms with Crippen molar-refractivity contribution in [2.45, 2.75) is 39.6 Å². The molecule has 2 atom stereocenters. The molecule has 3 aromatic rings. The van der Waals surface area contributed by atoms with Crippen LogP contribution < -0.4 is 35.0 Å². The second-order valence-electron chi connectivity index (χ2n) is 10.3. The summed E-state index contributed by atoms with van der Waals surface area (Å²) in [5, 5.41) is 29.2. The van der Waals surface area contributed by atoms with E-state index in [-0.39, 0.29) is 18.8 Å². The van der Waals surface area contributed by atoms with E-state index in [1.165, 1.54) is 13.3 Å². The predicted molar refractivity (Wildman–Crippen MR) is 177 cm³/mol. The Balaban J connectivity index is 1.40. The number of nitrogens with zero attached hydrogens (tertiary/aromatic N) is 2. The smallest absolute Gasteiger partial charge is 0.337 e. The number of benzene rings is 3. The van der Waals surface area contributed by atoms with Crippen molar-refractivity contribution in [2.24, 2.45) is 5.10 Å². The zero-order valence-corrected chi connectivity index (χ0v) is 27.6. The Hall–Kier alpha value is -5.45. The number of allylic oxidation sites excluding steroid dienone is 1. The molecule has 0 unspecified atom stereocenters. The number of halogens is 1. The summed E-state index contributed by atoms with van der Waals surface area (Å²) in [7, 11) is 1.27. The number of hydrazone groups is 1. The molecular weight excluding hydrogens is 642 g/mol. The van der Waals surface area contributed by atoms with Crippen LogP contribution in [0.1, 0.15) is 49.1 Å². The van der Waals surface area contributed by atoms with E-state index >= 15 is 0 Å². The number of carbonyl (C=O) groups is 2. The van der Waals surface area contributed by atoms with Crippen LogP contribution in [0.4, 0.5) is 4.79 Å². The van der Waals surface area contributed by atoms with Crippen molar-refractivity contribution in [1.29, 1.82) is 5.26 Å². The van der Waals surface area contributed by atoms with Crippen molar-refractivity contribution in [3.8, 4) is 29.1 Å². The number of rotatable bonds is 15. The highest BCUT2D eigenvalue weighted by Gasteiger charge is 2.32. The summed E-state index contributed by atoms with van der Waals surface area (Å²) in [6, 6.07) is 16.2. The van der Waals surface area contributed by atoms with Crippen molar-refractivity contribution in [3.63, 3.8) is 0 Å². The number of aliphatic hydroxyl groups is 1. The van der Waals surface area contributed by atoms with Crippen LogP contribution in [0.2, 0.25) is 5.02 Å². The number of nitrogens with one attached hydrogen (secondary N) is 3. The van der Waals surface area contributed by atoms with Gasteiger partial charge in [-0.3, -0.25) is 5.43 Å². The van der Waals surface area contributed by atoms with Gasteiger partial charge in [-0.25, -0.2) is 9.59 Å². The molecule has 0 radical (unpaired) electrons. The molecule has 0 aromatic heterocycles. The van der Waals surface area contributed by atoms with Gasteiger partial charge in [0.15, 0.2) is 29.2 Å². The standard InChI is InChI=1S/C34H36ClN5O8/c1-5-45-27-15-24(31-30(33(42)44-4)20(3)38-34(43)39-31)11-12-26(27)47-19-29(41)40-37-17-23-13-25(35)32(28(14-23)46-6-2)48-18-22-9-7-21(16-36)8-10-22/h7-15,17,29,31,40-41H,5-6,18-19H2,1-4H3,(H2,38,39,43)/b37-17+/t29-,31-/m0/s1. The van der Waals surface area contributed by atoms with Crippen molar-refractivity contribution in [1.82, 2.24) is 16.1 Å². The summed E-state index contributed by atoms with van der Waals surface area (Å²) in [6.07, 6.45) is 0.261. The third-order valence-corrected chi connectivity index (χ3v) is 7.19. The molecule has 0 fully saturated rings. The first-order valence-electron chi connectivity index (χ1n) is 15.0. The summed E-state index contributed by atoms with van der Waals surface area (Å²) in [6.45, 7) is 5.97. The molecule has 0 spiro atoms. The maximum Gasteiger partial charge on any atom is 0.337 e. The number of esters is 1. The van der Waals surface area contributed by atoms with Gasteiger partial charge in [0.25, 0.3) is 0 Å². The van der Waals surface area contributed by atoms with E-state index in [0.29, 0.717) is 63.6 Å². The van der Waals surface area contributed by atoms with Gasteiger partial charge in [0, 0.05) is 5.70 Å². The minimum atomic E-state index is -1.20. The number of aliphatic hydroxyl groups excluding tert-OH is 1. The first kappa shape index (κ1) is 35.4. The number of ether oxygens (including phenoxy) is 5. The molecule has 4 rings (SSSR count). The molecule has 3 aromatic carbocycles. The average Bonchev–Trinajstić information content (AvgIpc) is 3.07. The molecule has 14 heteroatoms. The molecule has 48 heavy (non-hydrogen) atoms. The van der Waals surface area contributed by atoms with E-state index in [0.717, 1.165) is 5.56 Å². The molecule has 1 heterocycles. The van der Waals surface area contributed by atoms with Gasteiger partial charge in [-0.2, -0.15) is 10.4 Å². The fraction of sp³-hybridized carbons (Fsp3) is 0.294. The molecule has 1 aliphatic heterocycles. The van der Waals surface area contributed by atoms with E-state index in [1.807, 2.05) is 6.92 Å². The highest BCUT2D eigenvalue weighted by atomic mass is 35.5. The van der Waals surface area contributed by atoms with Gasteiger partial charge in [-0.15, -0.1) is 0 Å². The topological polar surface area (TPSA) is 173 Å². The van der Waals surface area contributed by atoms with Gasteiger partial charge in [-0.1, -0.05) is 29.8 Å². The van der Waals surface area contributed by atoms with Crippen LogP contribution in [-0.2, 0) is 16.1 Å². The lowest BCUT2D eigenvalue weighted by Crippen LogP contribution is -2.45. The third-order valence-electron chi connectivity index (χ3n) is 6.91.